The van der Waals surface area contributed by atoms with Crippen LogP contribution < -0.4 is 9.64 Å². The van der Waals surface area contributed by atoms with Crippen molar-refractivity contribution in [2.75, 3.05) is 18.1 Å². The molecule has 0 unspecified atom stereocenters. The first-order valence-corrected chi connectivity index (χ1v) is 7.70. The number of amides is 1. The molecule has 0 saturated carbocycles. The Labute approximate surface area is 136 Å². The largest absolute Gasteiger partial charge is 0.482 e. The van der Waals surface area contributed by atoms with Crippen molar-refractivity contribution >= 4 is 11.6 Å². The van der Waals surface area contributed by atoms with E-state index in [-0.39, 0.29) is 12.5 Å². The van der Waals surface area contributed by atoms with E-state index in [1.165, 1.54) is 0 Å². The van der Waals surface area contributed by atoms with Gasteiger partial charge in [-0.15, -0.1) is 0 Å². The second-order valence-corrected chi connectivity index (χ2v) is 5.43. The van der Waals surface area contributed by atoms with Crippen LogP contribution in [0.1, 0.15) is 30.3 Å². The van der Waals surface area contributed by atoms with Gasteiger partial charge in [-0.1, -0.05) is 18.9 Å². The molecule has 3 rings (SSSR count). The molecule has 1 amide bonds. The zero-order chi connectivity index (χ0) is 16.2. The van der Waals surface area contributed by atoms with Crippen LogP contribution in [0.4, 0.5) is 5.69 Å². The number of benzene rings is 1. The summed E-state index contributed by atoms with van der Waals surface area (Å²) in [6.07, 6.45) is 0.897. The van der Waals surface area contributed by atoms with E-state index in [0.717, 1.165) is 34.8 Å². The molecule has 0 spiro atoms. The molecule has 1 aromatic heterocycles. The standard InChI is InChI=1S/C19H18N2O2/c1-3-11-21-17-12-15(8-10-18(17)23-13-19(21)22)7-9-16-6-4-5-14(2)20-16/h4-6,8,10,12H,3,11,13H2,1-2H3. The summed E-state index contributed by atoms with van der Waals surface area (Å²) < 4.78 is 5.49. The number of rotatable bonds is 2. The predicted molar refractivity (Wildman–Crippen MR) is 89.5 cm³/mol. The zero-order valence-corrected chi connectivity index (χ0v) is 13.3. The van der Waals surface area contributed by atoms with E-state index < -0.39 is 0 Å². The number of fused-ring (bicyclic) bond motifs is 1. The van der Waals surface area contributed by atoms with E-state index in [1.807, 2.05) is 43.3 Å². The van der Waals surface area contributed by atoms with Crippen molar-refractivity contribution in [1.29, 1.82) is 0 Å². The molecule has 2 heterocycles. The Morgan fingerprint density at radius 1 is 1.26 bits per heavy atom. The Balaban J connectivity index is 1.93. The van der Waals surface area contributed by atoms with Crippen LogP contribution in [0.25, 0.3) is 0 Å². The van der Waals surface area contributed by atoms with Gasteiger partial charge < -0.3 is 9.64 Å². The van der Waals surface area contributed by atoms with E-state index in [1.54, 1.807) is 4.90 Å². The minimum absolute atomic E-state index is 0.00944. The van der Waals surface area contributed by atoms with Crippen LogP contribution in [0.3, 0.4) is 0 Å². The first-order chi connectivity index (χ1) is 11.2. The van der Waals surface area contributed by atoms with Crippen molar-refractivity contribution in [3.8, 4) is 17.6 Å². The summed E-state index contributed by atoms with van der Waals surface area (Å²) in [5.41, 5.74) is 3.31. The average molecular weight is 306 g/mol. The highest BCUT2D eigenvalue weighted by Crippen LogP contribution is 2.32. The van der Waals surface area contributed by atoms with E-state index >= 15 is 0 Å². The van der Waals surface area contributed by atoms with Crippen molar-refractivity contribution < 1.29 is 9.53 Å². The maximum atomic E-state index is 12.0. The highest BCUT2D eigenvalue weighted by Gasteiger charge is 2.24. The lowest BCUT2D eigenvalue weighted by atomic mass is 10.1. The molecule has 2 aromatic rings. The predicted octanol–water partition coefficient (Wildman–Crippen LogP) is 2.93. The van der Waals surface area contributed by atoms with Crippen LogP contribution in [0, 0.1) is 18.8 Å². The van der Waals surface area contributed by atoms with Gasteiger partial charge in [0.25, 0.3) is 5.91 Å². The molecule has 1 aromatic carbocycles. The Hall–Kier alpha value is -2.80. The molecule has 116 valence electrons. The molecule has 0 radical (unpaired) electrons. The Morgan fingerprint density at radius 3 is 2.91 bits per heavy atom. The molecule has 0 N–H and O–H groups in total. The van der Waals surface area contributed by atoms with Crippen LogP contribution in [0.5, 0.6) is 5.75 Å². The fourth-order valence-electron chi connectivity index (χ4n) is 2.50. The van der Waals surface area contributed by atoms with Crippen LogP contribution >= 0.6 is 0 Å². The summed E-state index contributed by atoms with van der Waals surface area (Å²) in [4.78, 5) is 18.2. The molecule has 23 heavy (non-hydrogen) atoms. The molecule has 0 fully saturated rings. The molecule has 4 nitrogen and oxygen atoms in total. The van der Waals surface area contributed by atoms with E-state index in [0.29, 0.717) is 6.54 Å². The Bertz CT molecular complexity index is 803. The lowest BCUT2D eigenvalue weighted by Gasteiger charge is -2.29. The number of aryl methyl sites for hydroxylation is 1. The smallest absolute Gasteiger partial charge is 0.265 e. The van der Waals surface area contributed by atoms with Gasteiger partial charge in [-0.2, -0.15) is 0 Å². The summed E-state index contributed by atoms with van der Waals surface area (Å²) in [7, 11) is 0. The number of nitrogens with zero attached hydrogens (tertiary/aromatic N) is 2. The van der Waals surface area contributed by atoms with Crippen molar-refractivity contribution in [1.82, 2.24) is 4.98 Å². The molecular formula is C19H18N2O2. The first-order valence-electron chi connectivity index (χ1n) is 7.70. The molecule has 4 heteroatoms. The fourth-order valence-corrected chi connectivity index (χ4v) is 2.50. The number of hydrogen-bond donors (Lipinski definition) is 0. The van der Waals surface area contributed by atoms with Gasteiger partial charge in [-0.3, -0.25) is 4.79 Å². The summed E-state index contributed by atoms with van der Waals surface area (Å²) in [6, 6.07) is 11.4. The monoisotopic (exact) mass is 306 g/mol. The van der Waals surface area contributed by atoms with Crippen molar-refractivity contribution in [3.63, 3.8) is 0 Å². The normalized spacial score (nSPS) is 13.0. The summed E-state index contributed by atoms with van der Waals surface area (Å²) in [5.74, 6) is 6.90. The summed E-state index contributed by atoms with van der Waals surface area (Å²) in [5, 5.41) is 0. The van der Waals surface area contributed by atoms with Crippen LogP contribution in [-0.2, 0) is 4.79 Å². The number of ether oxygens (including phenoxy) is 1. The number of hydrogen-bond acceptors (Lipinski definition) is 3. The topological polar surface area (TPSA) is 42.4 Å². The molecule has 0 bridgehead atoms. The lowest BCUT2D eigenvalue weighted by molar-refractivity contribution is -0.121. The molecule has 1 aliphatic heterocycles. The van der Waals surface area contributed by atoms with Crippen molar-refractivity contribution in [2.45, 2.75) is 20.3 Å². The Morgan fingerprint density at radius 2 is 2.13 bits per heavy atom. The number of anilines is 1. The highest BCUT2D eigenvalue weighted by molar-refractivity contribution is 5.98. The quantitative estimate of drug-likeness (QED) is 0.801. The number of pyridine rings is 1. The van der Waals surface area contributed by atoms with Gasteiger partial charge in [0.05, 0.1) is 5.69 Å². The minimum atomic E-state index is -0.00944. The zero-order valence-electron chi connectivity index (χ0n) is 13.3. The van der Waals surface area contributed by atoms with Gasteiger partial charge in [0, 0.05) is 17.8 Å². The third-order valence-corrected chi connectivity index (χ3v) is 3.57. The summed E-state index contributed by atoms with van der Waals surface area (Å²) in [6.45, 7) is 4.78. The first kappa shape index (κ1) is 15.1. The maximum Gasteiger partial charge on any atom is 0.265 e. The van der Waals surface area contributed by atoms with E-state index in [2.05, 4.69) is 23.7 Å². The van der Waals surface area contributed by atoms with Gasteiger partial charge >= 0.3 is 0 Å². The number of carbonyl (C=O) groups excluding carboxylic acids is 1. The SMILES string of the molecule is CCCN1C(=O)COc2ccc(C#Cc3cccc(C)n3)cc21. The summed E-state index contributed by atoms with van der Waals surface area (Å²) >= 11 is 0. The van der Waals surface area contributed by atoms with Gasteiger partial charge in [0.15, 0.2) is 6.61 Å². The van der Waals surface area contributed by atoms with Gasteiger partial charge in [-0.05, 0) is 49.6 Å². The molecule has 0 aliphatic carbocycles. The third-order valence-electron chi connectivity index (χ3n) is 3.57. The fraction of sp³-hybridized carbons (Fsp3) is 0.263. The van der Waals surface area contributed by atoms with Gasteiger partial charge in [0.2, 0.25) is 0 Å². The second-order valence-electron chi connectivity index (χ2n) is 5.43. The maximum absolute atomic E-state index is 12.0. The molecule has 0 saturated heterocycles. The van der Waals surface area contributed by atoms with Crippen molar-refractivity contribution in [2.24, 2.45) is 0 Å². The van der Waals surface area contributed by atoms with E-state index in [4.69, 9.17) is 4.74 Å². The molecular weight excluding hydrogens is 288 g/mol. The van der Waals surface area contributed by atoms with Gasteiger partial charge in [0.1, 0.15) is 11.4 Å². The van der Waals surface area contributed by atoms with Crippen LogP contribution in [0.15, 0.2) is 36.4 Å². The molecule has 0 atom stereocenters. The second kappa shape index (κ2) is 6.53. The third kappa shape index (κ3) is 3.35. The van der Waals surface area contributed by atoms with Crippen LogP contribution in [-0.4, -0.2) is 24.0 Å². The number of carbonyl (C=O) groups is 1. The number of aromatic nitrogens is 1. The molecule has 1 aliphatic rings. The lowest BCUT2D eigenvalue weighted by Crippen LogP contribution is -2.39. The van der Waals surface area contributed by atoms with Crippen molar-refractivity contribution in [3.05, 3.63) is 53.3 Å². The van der Waals surface area contributed by atoms with Gasteiger partial charge in [-0.25, -0.2) is 4.98 Å². The Kier molecular flexibility index (Phi) is 4.29. The highest BCUT2D eigenvalue weighted by atomic mass is 16.5. The average Bonchev–Trinajstić information content (AvgIpc) is 2.56. The van der Waals surface area contributed by atoms with Crippen LogP contribution in [0.2, 0.25) is 0 Å². The minimum Gasteiger partial charge on any atom is -0.482 e. The van der Waals surface area contributed by atoms with E-state index in [9.17, 15) is 4.79 Å².